The number of benzene rings is 1. The fourth-order valence-electron chi connectivity index (χ4n) is 1.94. The van der Waals surface area contributed by atoms with Crippen LogP contribution in [0.5, 0.6) is 0 Å². The number of aryl methyl sites for hydroxylation is 2. The molecule has 0 aliphatic rings. The lowest BCUT2D eigenvalue weighted by Gasteiger charge is -2.20. The van der Waals surface area contributed by atoms with Gasteiger partial charge in [-0.3, -0.25) is 10.1 Å². The van der Waals surface area contributed by atoms with E-state index in [1.165, 1.54) is 23.8 Å². The van der Waals surface area contributed by atoms with Crippen molar-refractivity contribution in [1.29, 1.82) is 0 Å². The molecule has 0 aliphatic heterocycles. The average Bonchev–Trinajstić information content (AvgIpc) is 2.30. The van der Waals surface area contributed by atoms with Crippen LogP contribution in [0.4, 0.5) is 0 Å². The summed E-state index contributed by atoms with van der Waals surface area (Å²) in [7, 11) is 1.41. The van der Waals surface area contributed by atoms with E-state index in [1.807, 2.05) is 6.92 Å². The largest absolute Gasteiger partial charge is 0.468 e. The Kier molecular flexibility index (Phi) is 4.70. The molecular formula is C14H21NO2. The van der Waals surface area contributed by atoms with E-state index in [9.17, 15) is 4.79 Å². The normalized spacial score (nSPS) is 14.2. The zero-order chi connectivity index (χ0) is 13.0. The summed E-state index contributed by atoms with van der Waals surface area (Å²) in [5, 5.41) is 3.24. The maximum atomic E-state index is 11.3. The molecule has 0 bridgehead atoms. The van der Waals surface area contributed by atoms with Crippen molar-refractivity contribution in [1.82, 2.24) is 5.32 Å². The fourth-order valence-corrected chi connectivity index (χ4v) is 1.94. The summed E-state index contributed by atoms with van der Waals surface area (Å²) in [6.07, 6.45) is 0. The van der Waals surface area contributed by atoms with Gasteiger partial charge in [0.15, 0.2) is 0 Å². The third-order valence-electron chi connectivity index (χ3n) is 2.96. The number of carbonyl (C=O) groups excluding carboxylic acids is 1. The van der Waals surface area contributed by atoms with Crippen molar-refractivity contribution in [2.75, 3.05) is 7.11 Å². The Morgan fingerprint density at radius 1 is 1.29 bits per heavy atom. The van der Waals surface area contributed by atoms with Crippen molar-refractivity contribution in [2.45, 2.75) is 39.8 Å². The van der Waals surface area contributed by atoms with Gasteiger partial charge in [-0.2, -0.15) is 0 Å². The molecular weight excluding hydrogens is 214 g/mol. The number of carbonyl (C=O) groups is 1. The summed E-state index contributed by atoms with van der Waals surface area (Å²) >= 11 is 0. The lowest BCUT2D eigenvalue weighted by atomic mass is 9.99. The van der Waals surface area contributed by atoms with Gasteiger partial charge in [0.1, 0.15) is 6.04 Å². The van der Waals surface area contributed by atoms with Gasteiger partial charge in [0, 0.05) is 6.04 Å². The second-order valence-corrected chi connectivity index (χ2v) is 4.49. The Morgan fingerprint density at radius 2 is 1.94 bits per heavy atom. The van der Waals surface area contributed by atoms with Crippen molar-refractivity contribution in [2.24, 2.45) is 0 Å². The number of esters is 1. The number of hydrogen-bond donors (Lipinski definition) is 1. The van der Waals surface area contributed by atoms with Gasteiger partial charge in [-0.05, 0) is 38.8 Å². The molecule has 0 radical (unpaired) electrons. The third kappa shape index (κ3) is 3.56. The van der Waals surface area contributed by atoms with Gasteiger partial charge in [0.25, 0.3) is 0 Å². The van der Waals surface area contributed by atoms with E-state index in [0.29, 0.717) is 0 Å². The summed E-state index contributed by atoms with van der Waals surface area (Å²) in [4.78, 5) is 11.3. The van der Waals surface area contributed by atoms with Crippen LogP contribution in [0.15, 0.2) is 18.2 Å². The van der Waals surface area contributed by atoms with E-state index in [4.69, 9.17) is 4.74 Å². The first kappa shape index (κ1) is 13.7. The quantitative estimate of drug-likeness (QED) is 0.815. The molecule has 1 rings (SSSR count). The summed E-state index contributed by atoms with van der Waals surface area (Å²) < 4.78 is 4.70. The minimum Gasteiger partial charge on any atom is -0.468 e. The smallest absolute Gasteiger partial charge is 0.322 e. The van der Waals surface area contributed by atoms with Crippen LogP contribution in [0.3, 0.4) is 0 Å². The van der Waals surface area contributed by atoms with Crippen molar-refractivity contribution in [3.05, 3.63) is 34.9 Å². The molecule has 0 amide bonds. The van der Waals surface area contributed by atoms with Crippen molar-refractivity contribution < 1.29 is 9.53 Å². The number of rotatable bonds is 4. The van der Waals surface area contributed by atoms with Crippen LogP contribution in [-0.2, 0) is 9.53 Å². The zero-order valence-electron chi connectivity index (χ0n) is 11.2. The molecule has 0 heterocycles. The molecule has 0 saturated heterocycles. The van der Waals surface area contributed by atoms with Crippen LogP contribution in [0.25, 0.3) is 0 Å². The molecule has 0 aliphatic carbocycles. The first-order valence-electron chi connectivity index (χ1n) is 5.86. The van der Waals surface area contributed by atoms with Crippen LogP contribution < -0.4 is 5.32 Å². The minimum atomic E-state index is -0.296. The summed E-state index contributed by atoms with van der Waals surface area (Å²) in [6, 6.07) is 6.18. The molecule has 2 unspecified atom stereocenters. The number of hydrogen-bond acceptors (Lipinski definition) is 3. The first-order chi connectivity index (χ1) is 7.95. The van der Waals surface area contributed by atoms with Crippen molar-refractivity contribution in [3.8, 4) is 0 Å². The van der Waals surface area contributed by atoms with Crippen LogP contribution in [0, 0.1) is 13.8 Å². The van der Waals surface area contributed by atoms with Crippen molar-refractivity contribution >= 4 is 5.97 Å². The van der Waals surface area contributed by atoms with Crippen LogP contribution >= 0.6 is 0 Å². The molecule has 94 valence electrons. The lowest BCUT2D eigenvalue weighted by Crippen LogP contribution is -2.36. The van der Waals surface area contributed by atoms with Gasteiger partial charge in [0.2, 0.25) is 0 Å². The highest BCUT2D eigenvalue weighted by Gasteiger charge is 2.17. The van der Waals surface area contributed by atoms with Crippen LogP contribution in [-0.4, -0.2) is 19.1 Å². The number of ether oxygens (including phenoxy) is 1. The summed E-state index contributed by atoms with van der Waals surface area (Å²) in [6.45, 7) is 8.02. The van der Waals surface area contributed by atoms with Gasteiger partial charge in [0.05, 0.1) is 7.11 Å². The van der Waals surface area contributed by atoms with Gasteiger partial charge in [-0.15, -0.1) is 0 Å². The molecule has 1 aromatic rings. The topological polar surface area (TPSA) is 38.3 Å². The second kappa shape index (κ2) is 5.82. The highest BCUT2D eigenvalue weighted by molar-refractivity contribution is 5.75. The Bertz CT molecular complexity index is 401. The Balaban J connectivity index is 2.79. The highest BCUT2D eigenvalue weighted by atomic mass is 16.5. The standard InChI is InChI=1S/C14H21NO2/c1-9-6-7-10(2)13(8-9)11(3)15-12(4)14(16)17-5/h6-8,11-12,15H,1-5H3. The van der Waals surface area contributed by atoms with E-state index in [1.54, 1.807) is 0 Å². The predicted molar refractivity (Wildman–Crippen MR) is 68.9 cm³/mol. The molecule has 3 heteroatoms. The van der Waals surface area contributed by atoms with E-state index < -0.39 is 0 Å². The van der Waals surface area contributed by atoms with E-state index >= 15 is 0 Å². The Morgan fingerprint density at radius 3 is 2.53 bits per heavy atom. The Hall–Kier alpha value is -1.35. The summed E-state index contributed by atoms with van der Waals surface area (Å²) in [5.74, 6) is -0.234. The maximum Gasteiger partial charge on any atom is 0.322 e. The SMILES string of the molecule is COC(=O)C(C)NC(C)c1cc(C)ccc1C. The molecule has 1 aromatic carbocycles. The molecule has 1 N–H and O–H groups in total. The van der Waals surface area contributed by atoms with Crippen molar-refractivity contribution in [3.63, 3.8) is 0 Å². The van der Waals surface area contributed by atoms with E-state index in [-0.39, 0.29) is 18.1 Å². The molecule has 17 heavy (non-hydrogen) atoms. The monoisotopic (exact) mass is 235 g/mol. The maximum absolute atomic E-state index is 11.3. The first-order valence-corrected chi connectivity index (χ1v) is 5.86. The number of methoxy groups -OCH3 is 1. The molecule has 3 nitrogen and oxygen atoms in total. The lowest BCUT2D eigenvalue weighted by molar-refractivity contribution is -0.142. The van der Waals surface area contributed by atoms with E-state index in [2.05, 4.69) is 44.3 Å². The molecule has 0 saturated carbocycles. The molecule has 0 spiro atoms. The van der Waals surface area contributed by atoms with Crippen LogP contribution in [0.1, 0.15) is 36.6 Å². The predicted octanol–water partition coefficient (Wildman–Crippen LogP) is 2.52. The minimum absolute atomic E-state index is 0.129. The number of nitrogens with one attached hydrogen (secondary N) is 1. The molecule has 2 atom stereocenters. The van der Waals surface area contributed by atoms with Gasteiger partial charge >= 0.3 is 5.97 Å². The third-order valence-corrected chi connectivity index (χ3v) is 2.96. The zero-order valence-corrected chi connectivity index (χ0v) is 11.2. The van der Waals surface area contributed by atoms with E-state index in [0.717, 1.165) is 0 Å². The average molecular weight is 235 g/mol. The van der Waals surface area contributed by atoms with Gasteiger partial charge in [-0.25, -0.2) is 0 Å². The fraction of sp³-hybridized carbons (Fsp3) is 0.500. The van der Waals surface area contributed by atoms with Crippen LogP contribution in [0.2, 0.25) is 0 Å². The van der Waals surface area contributed by atoms with Gasteiger partial charge in [-0.1, -0.05) is 23.8 Å². The second-order valence-electron chi connectivity index (χ2n) is 4.49. The Labute approximate surface area is 103 Å². The van der Waals surface area contributed by atoms with Gasteiger partial charge < -0.3 is 4.74 Å². The molecule has 0 aromatic heterocycles. The highest BCUT2D eigenvalue weighted by Crippen LogP contribution is 2.19. The molecule has 0 fully saturated rings. The summed E-state index contributed by atoms with van der Waals surface area (Å²) in [5.41, 5.74) is 3.68.